The summed E-state index contributed by atoms with van der Waals surface area (Å²) >= 11 is 0. The van der Waals surface area contributed by atoms with Crippen molar-refractivity contribution in [3.63, 3.8) is 0 Å². The third-order valence-corrected chi connectivity index (χ3v) is 8.29. The molecule has 4 aromatic carbocycles. The number of nitrogens with zero attached hydrogens (tertiary/aromatic N) is 1. The number of carbonyl (C=O) groups is 2. The van der Waals surface area contributed by atoms with Crippen molar-refractivity contribution < 1.29 is 27.1 Å². The number of ether oxygens (including phenoxy) is 1. The molecule has 0 aromatic heterocycles. The van der Waals surface area contributed by atoms with Crippen LogP contribution in [0, 0.1) is 5.82 Å². The monoisotopic (exact) mass is 617 g/mol. The number of halogens is 1. The molecule has 8 nitrogen and oxygen atoms in total. The Balaban J connectivity index is 1.50. The normalized spacial score (nSPS) is 11.8. The van der Waals surface area contributed by atoms with E-state index in [0.717, 1.165) is 36.1 Å². The number of sulfonamides is 1. The number of rotatable bonds is 15. The highest BCUT2D eigenvalue weighted by atomic mass is 32.2. The van der Waals surface area contributed by atoms with Gasteiger partial charge in [0, 0.05) is 25.2 Å². The first-order chi connectivity index (χ1) is 21.2. The van der Waals surface area contributed by atoms with Crippen LogP contribution < -0.4 is 14.8 Å². The summed E-state index contributed by atoms with van der Waals surface area (Å²) in [6.07, 6.45) is 2.07. The third-order valence-electron chi connectivity index (χ3n) is 6.89. The van der Waals surface area contributed by atoms with E-state index in [-0.39, 0.29) is 35.4 Å². The maximum atomic E-state index is 13.7. The van der Waals surface area contributed by atoms with Gasteiger partial charge in [-0.25, -0.2) is 12.8 Å². The van der Waals surface area contributed by atoms with Gasteiger partial charge in [0.2, 0.25) is 5.91 Å². The first kappa shape index (κ1) is 32.2. The second kappa shape index (κ2) is 15.7. The van der Waals surface area contributed by atoms with Gasteiger partial charge in [0.15, 0.2) is 6.61 Å². The Labute approximate surface area is 257 Å². The zero-order chi connectivity index (χ0) is 31.4. The molecule has 10 heteroatoms. The summed E-state index contributed by atoms with van der Waals surface area (Å²) in [5, 5.41) is 2.98. The summed E-state index contributed by atoms with van der Waals surface area (Å²) in [5.74, 6) is -0.828. The summed E-state index contributed by atoms with van der Waals surface area (Å²) in [4.78, 5) is 28.7. The number of hydrogen-bond donors (Lipinski definition) is 2. The fourth-order valence-electron chi connectivity index (χ4n) is 4.52. The largest absolute Gasteiger partial charge is 0.484 e. The Morgan fingerprint density at radius 2 is 1.45 bits per heavy atom. The van der Waals surface area contributed by atoms with Gasteiger partial charge in [-0.3, -0.25) is 14.3 Å². The maximum absolute atomic E-state index is 13.7. The van der Waals surface area contributed by atoms with E-state index < -0.39 is 27.8 Å². The van der Waals surface area contributed by atoms with Gasteiger partial charge in [0.25, 0.3) is 15.9 Å². The first-order valence-electron chi connectivity index (χ1n) is 14.4. The van der Waals surface area contributed by atoms with E-state index in [1.54, 1.807) is 0 Å². The van der Waals surface area contributed by atoms with Gasteiger partial charge in [-0.1, -0.05) is 74.0 Å². The number of unbranched alkanes of at least 4 members (excludes halogenated alkanes) is 1. The van der Waals surface area contributed by atoms with Gasteiger partial charge in [0.1, 0.15) is 17.6 Å². The van der Waals surface area contributed by atoms with E-state index in [0.29, 0.717) is 13.0 Å². The lowest BCUT2D eigenvalue weighted by Gasteiger charge is -2.31. The van der Waals surface area contributed by atoms with Crippen LogP contribution >= 0.6 is 0 Å². The molecule has 0 aliphatic carbocycles. The predicted molar refractivity (Wildman–Crippen MR) is 168 cm³/mol. The van der Waals surface area contributed by atoms with Gasteiger partial charge in [-0.05, 0) is 66.1 Å². The predicted octanol–water partition coefficient (Wildman–Crippen LogP) is 5.56. The van der Waals surface area contributed by atoms with Crippen molar-refractivity contribution in [2.75, 3.05) is 17.9 Å². The third kappa shape index (κ3) is 9.40. The van der Waals surface area contributed by atoms with Crippen molar-refractivity contribution in [2.24, 2.45) is 0 Å². The number of carbonyl (C=O) groups excluding carboxylic acids is 2. The fraction of sp³-hybridized carbons (Fsp3) is 0.235. The lowest BCUT2D eigenvalue weighted by Crippen LogP contribution is -2.51. The van der Waals surface area contributed by atoms with E-state index in [2.05, 4.69) is 10.0 Å². The molecule has 2 amide bonds. The summed E-state index contributed by atoms with van der Waals surface area (Å²) < 4.78 is 46.9. The fourth-order valence-corrected chi connectivity index (χ4v) is 5.57. The van der Waals surface area contributed by atoms with Crippen LogP contribution in [0.15, 0.2) is 114 Å². The highest BCUT2D eigenvalue weighted by Gasteiger charge is 2.30. The number of amides is 2. The van der Waals surface area contributed by atoms with Gasteiger partial charge < -0.3 is 15.0 Å². The zero-order valence-electron chi connectivity index (χ0n) is 24.5. The van der Waals surface area contributed by atoms with Crippen molar-refractivity contribution in [1.29, 1.82) is 0 Å². The second-order valence-corrected chi connectivity index (χ2v) is 11.9. The van der Waals surface area contributed by atoms with Crippen LogP contribution in [0.5, 0.6) is 5.75 Å². The highest BCUT2D eigenvalue weighted by molar-refractivity contribution is 7.92. The van der Waals surface area contributed by atoms with Crippen LogP contribution in [0.3, 0.4) is 0 Å². The average molecular weight is 618 g/mol. The SMILES string of the molecule is CCCCNC(=O)C(Cc1ccccc1)N(Cc1ccccc1)C(=O)COc1ccc(S(=O)(=O)Nc2ccc(F)cc2)cc1. The quantitative estimate of drug-likeness (QED) is 0.170. The van der Waals surface area contributed by atoms with Crippen LogP contribution in [-0.2, 0) is 32.6 Å². The van der Waals surface area contributed by atoms with Gasteiger partial charge in [0.05, 0.1) is 4.90 Å². The molecule has 0 radical (unpaired) electrons. The Bertz CT molecular complexity index is 1600. The first-order valence-corrected chi connectivity index (χ1v) is 15.9. The molecule has 230 valence electrons. The molecule has 44 heavy (non-hydrogen) atoms. The summed E-state index contributed by atoms with van der Waals surface area (Å²) in [7, 11) is -3.93. The van der Waals surface area contributed by atoms with E-state index in [1.807, 2.05) is 67.6 Å². The van der Waals surface area contributed by atoms with Crippen molar-refractivity contribution in [2.45, 2.75) is 43.7 Å². The summed E-state index contributed by atoms with van der Waals surface area (Å²) in [5.41, 5.74) is 2.00. The zero-order valence-corrected chi connectivity index (χ0v) is 25.3. The van der Waals surface area contributed by atoms with Crippen LogP contribution in [0.1, 0.15) is 30.9 Å². The Hall–Kier alpha value is -4.70. The van der Waals surface area contributed by atoms with Crippen molar-refractivity contribution >= 4 is 27.5 Å². The Morgan fingerprint density at radius 1 is 0.841 bits per heavy atom. The lowest BCUT2D eigenvalue weighted by atomic mass is 10.0. The minimum Gasteiger partial charge on any atom is -0.484 e. The molecule has 0 heterocycles. The molecule has 0 fully saturated rings. The molecule has 0 saturated heterocycles. The Kier molecular flexibility index (Phi) is 11.5. The molecule has 4 aromatic rings. The molecular weight excluding hydrogens is 581 g/mol. The highest BCUT2D eigenvalue weighted by Crippen LogP contribution is 2.21. The van der Waals surface area contributed by atoms with E-state index in [1.165, 1.54) is 41.3 Å². The molecule has 0 bridgehead atoms. The molecule has 0 aliphatic heterocycles. The van der Waals surface area contributed by atoms with Gasteiger partial charge in [-0.2, -0.15) is 0 Å². The smallest absolute Gasteiger partial charge is 0.261 e. The van der Waals surface area contributed by atoms with Crippen LogP contribution in [0.2, 0.25) is 0 Å². The number of benzene rings is 4. The van der Waals surface area contributed by atoms with E-state index >= 15 is 0 Å². The number of anilines is 1. The second-order valence-electron chi connectivity index (χ2n) is 10.2. The van der Waals surface area contributed by atoms with Crippen LogP contribution in [-0.4, -0.2) is 44.3 Å². The van der Waals surface area contributed by atoms with Crippen molar-refractivity contribution in [1.82, 2.24) is 10.2 Å². The minimum absolute atomic E-state index is 0.0297. The molecule has 1 unspecified atom stereocenters. The van der Waals surface area contributed by atoms with Gasteiger partial charge >= 0.3 is 0 Å². The molecule has 2 N–H and O–H groups in total. The van der Waals surface area contributed by atoms with Crippen molar-refractivity contribution in [3.8, 4) is 5.75 Å². The molecule has 0 saturated carbocycles. The summed E-state index contributed by atoms with van der Waals surface area (Å²) in [6, 6.07) is 28.8. The van der Waals surface area contributed by atoms with Crippen molar-refractivity contribution in [3.05, 3.63) is 126 Å². The van der Waals surface area contributed by atoms with E-state index in [9.17, 15) is 22.4 Å². The van der Waals surface area contributed by atoms with Crippen LogP contribution in [0.4, 0.5) is 10.1 Å². The minimum atomic E-state index is -3.93. The maximum Gasteiger partial charge on any atom is 0.261 e. The molecule has 0 aliphatic rings. The lowest BCUT2D eigenvalue weighted by molar-refractivity contribution is -0.142. The summed E-state index contributed by atoms with van der Waals surface area (Å²) in [6.45, 7) is 2.39. The molecule has 1 atom stereocenters. The number of nitrogens with one attached hydrogen (secondary N) is 2. The van der Waals surface area contributed by atoms with Gasteiger partial charge in [-0.15, -0.1) is 0 Å². The molecular formula is C34H36FN3O5S. The molecule has 4 rings (SSSR count). The topological polar surface area (TPSA) is 105 Å². The van der Waals surface area contributed by atoms with Crippen LogP contribution in [0.25, 0.3) is 0 Å². The molecule has 0 spiro atoms. The Morgan fingerprint density at radius 3 is 2.07 bits per heavy atom. The van der Waals surface area contributed by atoms with E-state index in [4.69, 9.17) is 4.74 Å². The standard InChI is InChI=1S/C34H36FN3O5S/c1-2-3-22-36-34(40)32(23-26-10-6-4-7-11-26)38(24-27-12-8-5-9-13-27)33(39)25-43-30-18-20-31(21-19-30)44(41,42)37-29-16-14-28(35)15-17-29/h4-21,32,37H,2-3,22-25H2,1H3,(H,36,40). The number of hydrogen-bond acceptors (Lipinski definition) is 5. The average Bonchev–Trinajstić information content (AvgIpc) is 3.04.